The SMILES string of the molecule is CCCNC(COC)Cc1c(Cl)c(C)nn1C. The maximum absolute atomic E-state index is 6.24. The second-order valence-corrected chi connectivity index (χ2v) is 4.66. The summed E-state index contributed by atoms with van der Waals surface area (Å²) in [4.78, 5) is 0. The van der Waals surface area contributed by atoms with E-state index in [2.05, 4.69) is 17.3 Å². The van der Waals surface area contributed by atoms with Gasteiger partial charge in [-0.05, 0) is 19.9 Å². The van der Waals surface area contributed by atoms with Crippen LogP contribution in [0.5, 0.6) is 0 Å². The monoisotopic (exact) mass is 259 g/mol. The number of rotatable bonds is 7. The summed E-state index contributed by atoms with van der Waals surface area (Å²) in [5.74, 6) is 0. The first-order chi connectivity index (χ1) is 8.10. The highest BCUT2D eigenvalue weighted by Gasteiger charge is 2.16. The van der Waals surface area contributed by atoms with E-state index < -0.39 is 0 Å². The van der Waals surface area contributed by atoms with Crippen LogP contribution in [0.15, 0.2) is 0 Å². The predicted octanol–water partition coefficient (Wildman–Crippen LogP) is 1.94. The molecule has 1 aromatic rings. The van der Waals surface area contributed by atoms with Gasteiger partial charge in [0.05, 0.1) is 23.0 Å². The van der Waals surface area contributed by atoms with Gasteiger partial charge in [-0.15, -0.1) is 0 Å². The van der Waals surface area contributed by atoms with E-state index in [-0.39, 0.29) is 6.04 Å². The van der Waals surface area contributed by atoms with Crippen molar-refractivity contribution in [3.8, 4) is 0 Å². The molecule has 0 spiro atoms. The van der Waals surface area contributed by atoms with E-state index in [9.17, 15) is 0 Å². The number of nitrogens with one attached hydrogen (secondary N) is 1. The third-order valence-corrected chi connectivity index (χ3v) is 3.24. The van der Waals surface area contributed by atoms with E-state index in [0.717, 1.165) is 35.8 Å². The topological polar surface area (TPSA) is 39.1 Å². The molecule has 0 aromatic carbocycles. The van der Waals surface area contributed by atoms with Gasteiger partial charge in [-0.25, -0.2) is 0 Å². The Labute approximate surface area is 108 Å². The molecule has 0 amide bonds. The average Bonchev–Trinajstić information content (AvgIpc) is 2.53. The van der Waals surface area contributed by atoms with Crippen LogP contribution >= 0.6 is 11.6 Å². The lowest BCUT2D eigenvalue weighted by Gasteiger charge is -2.17. The van der Waals surface area contributed by atoms with Crippen LogP contribution in [0.1, 0.15) is 24.7 Å². The van der Waals surface area contributed by atoms with E-state index in [1.54, 1.807) is 7.11 Å². The Bertz CT molecular complexity index is 352. The smallest absolute Gasteiger partial charge is 0.0847 e. The van der Waals surface area contributed by atoms with Crippen molar-refractivity contribution in [1.29, 1.82) is 0 Å². The van der Waals surface area contributed by atoms with Crippen molar-refractivity contribution < 1.29 is 4.74 Å². The molecular weight excluding hydrogens is 238 g/mol. The second kappa shape index (κ2) is 6.99. The van der Waals surface area contributed by atoms with Crippen LogP contribution in [0.25, 0.3) is 0 Å². The van der Waals surface area contributed by atoms with Gasteiger partial charge >= 0.3 is 0 Å². The lowest BCUT2D eigenvalue weighted by molar-refractivity contribution is 0.165. The van der Waals surface area contributed by atoms with Crippen molar-refractivity contribution in [2.75, 3.05) is 20.3 Å². The van der Waals surface area contributed by atoms with Crippen molar-refractivity contribution in [2.45, 2.75) is 32.7 Å². The Morgan fingerprint density at radius 3 is 2.71 bits per heavy atom. The highest BCUT2D eigenvalue weighted by Crippen LogP contribution is 2.20. The van der Waals surface area contributed by atoms with Crippen molar-refractivity contribution in [3.05, 3.63) is 16.4 Å². The molecule has 98 valence electrons. The molecule has 0 aliphatic rings. The molecule has 1 unspecified atom stereocenters. The molecule has 0 saturated heterocycles. The van der Waals surface area contributed by atoms with Gasteiger partial charge < -0.3 is 10.1 Å². The number of nitrogens with zero attached hydrogens (tertiary/aromatic N) is 2. The fraction of sp³-hybridized carbons (Fsp3) is 0.750. The Kier molecular flexibility index (Phi) is 5.95. The summed E-state index contributed by atoms with van der Waals surface area (Å²) in [6.45, 7) is 5.75. The quantitative estimate of drug-likeness (QED) is 0.814. The summed E-state index contributed by atoms with van der Waals surface area (Å²) >= 11 is 6.24. The van der Waals surface area contributed by atoms with Crippen molar-refractivity contribution in [2.24, 2.45) is 7.05 Å². The van der Waals surface area contributed by atoms with Crippen molar-refractivity contribution in [3.63, 3.8) is 0 Å². The number of hydrogen-bond acceptors (Lipinski definition) is 3. The zero-order chi connectivity index (χ0) is 12.8. The van der Waals surface area contributed by atoms with Gasteiger partial charge in [-0.1, -0.05) is 18.5 Å². The van der Waals surface area contributed by atoms with Crippen molar-refractivity contribution >= 4 is 11.6 Å². The molecule has 1 aromatic heterocycles. The first-order valence-corrected chi connectivity index (χ1v) is 6.38. The van der Waals surface area contributed by atoms with Gasteiger partial charge in [-0.3, -0.25) is 4.68 Å². The minimum atomic E-state index is 0.284. The Hall–Kier alpha value is -0.580. The number of aromatic nitrogens is 2. The summed E-state index contributed by atoms with van der Waals surface area (Å²) in [6.07, 6.45) is 1.95. The molecule has 17 heavy (non-hydrogen) atoms. The van der Waals surface area contributed by atoms with E-state index in [0.29, 0.717) is 6.61 Å². The number of aryl methyl sites for hydroxylation is 2. The lowest BCUT2D eigenvalue weighted by atomic mass is 10.1. The molecule has 0 saturated carbocycles. The fourth-order valence-electron chi connectivity index (χ4n) is 1.87. The van der Waals surface area contributed by atoms with Gasteiger partial charge in [0, 0.05) is 26.6 Å². The van der Waals surface area contributed by atoms with Crippen LogP contribution in [0.4, 0.5) is 0 Å². The molecule has 1 N–H and O–H groups in total. The van der Waals surface area contributed by atoms with Crippen LogP contribution in [0, 0.1) is 6.92 Å². The first-order valence-electron chi connectivity index (χ1n) is 6.00. The lowest BCUT2D eigenvalue weighted by Crippen LogP contribution is -2.36. The molecule has 0 bridgehead atoms. The van der Waals surface area contributed by atoms with E-state index in [4.69, 9.17) is 16.3 Å². The zero-order valence-electron chi connectivity index (χ0n) is 11.1. The predicted molar refractivity (Wildman–Crippen MR) is 70.6 cm³/mol. The van der Waals surface area contributed by atoms with Gasteiger partial charge in [0.25, 0.3) is 0 Å². The summed E-state index contributed by atoms with van der Waals surface area (Å²) < 4.78 is 7.08. The van der Waals surface area contributed by atoms with Crippen LogP contribution in [0.2, 0.25) is 5.02 Å². The van der Waals surface area contributed by atoms with Crippen LogP contribution in [-0.4, -0.2) is 36.1 Å². The number of hydrogen-bond donors (Lipinski definition) is 1. The van der Waals surface area contributed by atoms with Gasteiger partial charge in [0.1, 0.15) is 0 Å². The highest BCUT2D eigenvalue weighted by atomic mass is 35.5. The van der Waals surface area contributed by atoms with Gasteiger partial charge in [0.15, 0.2) is 0 Å². The average molecular weight is 260 g/mol. The van der Waals surface area contributed by atoms with Gasteiger partial charge in [-0.2, -0.15) is 5.10 Å². The fourth-order valence-corrected chi connectivity index (χ4v) is 2.11. The van der Waals surface area contributed by atoms with Crippen LogP contribution in [-0.2, 0) is 18.2 Å². The van der Waals surface area contributed by atoms with E-state index in [1.807, 2.05) is 18.7 Å². The van der Waals surface area contributed by atoms with E-state index >= 15 is 0 Å². The molecule has 1 rings (SSSR count). The maximum Gasteiger partial charge on any atom is 0.0847 e. The molecule has 0 fully saturated rings. The molecule has 1 atom stereocenters. The standard InChI is InChI=1S/C12H22ClN3O/c1-5-6-14-10(8-17-4)7-11-12(13)9(2)15-16(11)3/h10,14H,5-8H2,1-4H3. The summed E-state index contributed by atoms with van der Waals surface area (Å²) in [5.41, 5.74) is 1.95. The third-order valence-electron chi connectivity index (χ3n) is 2.75. The van der Waals surface area contributed by atoms with Gasteiger partial charge in [0.2, 0.25) is 0 Å². The summed E-state index contributed by atoms with van der Waals surface area (Å²) in [6, 6.07) is 0.284. The molecule has 5 heteroatoms. The summed E-state index contributed by atoms with van der Waals surface area (Å²) in [7, 11) is 3.65. The molecule has 4 nitrogen and oxygen atoms in total. The third kappa shape index (κ3) is 3.98. The second-order valence-electron chi connectivity index (χ2n) is 4.28. The highest BCUT2D eigenvalue weighted by molar-refractivity contribution is 6.31. The minimum absolute atomic E-state index is 0.284. The molecule has 0 radical (unpaired) electrons. The summed E-state index contributed by atoms with van der Waals surface area (Å²) in [5, 5.41) is 8.55. The van der Waals surface area contributed by atoms with Crippen LogP contribution < -0.4 is 5.32 Å². The molecule has 0 aliphatic carbocycles. The van der Waals surface area contributed by atoms with Crippen molar-refractivity contribution in [1.82, 2.24) is 15.1 Å². The zero-order valence-corrected chi connectivity index (χ0v) is 11.8. The Balaban J connectivity index is 2.70. The normalized spacial score (nSPS) is 13.0. The Morgan fingerprint density at radius 1 is 1.53 bits per heavy atom. The van der Waals surface area contributed by atoms with E-state index in [1.165, 1.54) is 0 Å². The Morgan fingerprint density at radius 2 is 2.24 bits per heavy atom. The minimum Gasteiger partial charge on any atom is -0.383 e. The first kappa shape index (κ1) is 14.5. The van der Waals surface area contributed by atoms with Crippen LogP contribution in [0.3, 0.4) is 0 Å². The number of methoxy groups -OCH3 is 1. The maximum atomic E-state index is 6.24. The molecule has 0 aliphatic heterocycles. The molecule has 1 heterocycles. The largest absolute Gasteiger partial charge is 0.383 e. The number of ether oxygens (including phenoxy) is 1. The number of halogens is 1. The molecular formula is C12H22ClN3O.